The Balaban J connectivity index is 2.01. The maximum atomic E-state index is 13.4. The third kappa shape index (κ3) is 3.83. The lowest BCUT2D eigenvalue weighted by atomic mass is 10.1. The Morgan fingerprint density at radius 1 is 1.10 bits per heavy atom. The Morgan fingerprint density at radius 3 is 2.70 bits per heavy atom. The Bertz CT molecular complexity index is 533. The normalized spacial score (nSPS) is 11.6. The number of nitrogens with zero attached hydrogens (tertiary/aromatic N) is 1. The van der Waals surface area contributed by atoms with Crippen LogP contribution in [0.5, 0.6) is 0 Å². The minimum atomic E-state index is -0.158. The van der Waals surface area contributed by atoms with Crippen molar-refractivity contribution in [1.29, 1.82) is 0 Å². The molecule has 2 nitrogen and oxygen atoms in total. The molecule has 0 aliphatic heterocycles. The average Bonchev–Trinajstić information content (AvgIpc) is 2.84. The molecule has 0 bridgehead atoms. The maximum Gasteiger partial charge on any atom is 0.123 e. The zero-order valence-corrected chi connectivity index (χ0v) is 12.6. The van der Waals surface area contributed by atoms with Crippen LogP contribution < -0.4 is 0 Å². The molecule has 0 saturated carbocycles. The fraction of sp³-hybridized carbons (Fsp3) is 0.529. The molecule has 0 aliphatic carbocycles. The van der Waals surface area contributed by atoms with Crippen molar-refractivity contribution in [2.45, 2.75) is 39.5 Å². The molecule has 0 fully saturated rings. The third-order valence-corrected chi connectivity index (χ3v) is 3.79. The van der Waals surface area contributed by atoms with Gasteiger partial charge in [-0.2, -0.15) is 0 Å². The largest absolute Gasteiger partial charge is 0.361 e. The second kappa shape index (κ2) is 7.44. The number of unbranched alkanes of at least 4 members (excludes halogenated alkanes) is 1. The third-order valence-electron chi connectivity index (χ3n) is 3.79. The first-order valence-electron chi connectivity index (χ1n) is 7.72. The van der Waals surface area contributed by atoms with Crippen LogP contribution in [0, 0.1) is 5.82 Å². The van der Waals surface area contributed by atoms with Crippen molar-refractivity contribution < 1.29 is 4.39 Å². The van der Waals surface area contributed by atoms with Crippen LogP contribution in [-0.2, 0) is 6.42 Å². The van der Waals surface area contributed by atoms with Crippen LogP contribution in [0.2, 0.25) is 0 Å². The lowest BCUT2D eigenvalue weighted by Crippen LogP contribution is -2.28. The van der Waals surface area contributed by atoms with Crippen molar-refractivity contribution in [1.82, 2.24) is 9.88 Å². The lowest BCUT2D eigenvalue weighted by molar-refractivity contribution is 0.273. The van der Waals surface area contributed by atoms with E-state index in [1.165, 1.54) is 37.4 Å². The summed E-state index contributed by atoms with van der Waals surface area (Å²) in [4.78, 5) is 5.74. The fourth-order valence-electron chi connectivity index (χ4n) is 2.67. The molecule has 1 aromatic carbocycles. The summed E-state index contributed by atoms with van der Waals surface area (Å²) < 4.78 is 13.4. The highest BCUT2D eigenvalue weighted by Crippen LogP contribution is 2.20. The number of H-pyrrole nitrogens is 1. The predicted molar refractivity (Wildman–Crippen MR) is 83.6 cm³/mol. The number of benzene rings is 1. The first kappa shape index (κ1) is 15.0. The van der Waals surface area contributed by atoms with E-state index >= 15 is 0 Å². The number of hydrogen-bond acceptors (Lipinski definition) is 1. The van der Waals surface area contributed by atoms with E-state index < -0.39 is 0 Å². The zero-order chi connectivity index (χ0) is 14.4. The van der Waals surface area contributed by atoms with Gasteiger partial charge in [0.15, 0.2) is 0 Å². The summed E-state index contributed by atoms with van der Waals surface area (Å²) in [6.07, 6.45) is 6.68. The summed E-state index contributed by atoms with van der Waals surface area (Å²) >= 11 is 0. The highest BCUT2D eigenvalue weighted by molar-refractivity contribution is 5.83. The molecule has 20 heavy (non-hydrogen) atoms. The van der Waals surface area contributed by atoms with Gasteiger partial charge in [-0.1, -0.05) is 20.3 Å². The van der Waals surface area contributed by atoms with Gasteiger partial charge >= 0.3 is 0 Å². The highest BCUT2D eigenvalue weighted by Gasteiger charge is 2.08. The van der Waals surface area contributed by atoms with E-state index in [0.717, 1.165) is 30.4 Å². The average molecular weight is 276 g/mol. The van der Waals surface area contributed by atoms with Crippen LogP contribution in [0.15, 0.2) is 24.4 Å². The maximum absolute atomic E-state index is 13.4. The minimum Gasteiger partial charge on any atom is -0.361 e. The Morgan fingerprint density at radius 2 is 1.95 bits per heavy atom. The van der Waals surface area contributed by atoms with E-state index in [-0.39, 0.29) is 5.82 Å². The number of fused-ring (bicyclic) bond motifs is 1. The molecule has 110 valence electrons. The first-order chi connectivity index (χ1) is 9.74. The van der Waals surface area contributed by atoms with E-state index in [1.54, 1.807) is 6.07 Å². The molecule has 0 spiro atoms. The van der Waals surface area contributed by atoms with Gasteiger partial charge in [-0.3, -0.25) is 0 Å². The van der Waals surface area contributed by atoms with Crippen LogP contribution in [0.1, 0.15) is 38.7 Å². The van der Waals surface area contributed by atoms with Gasteiger partial charge in [0.1, 0.15) is 5.82 Å². The summed E-state index contributed by atoms with van der Waals surface area (Å²) in [6.45, 7) is 7.82. The molecule has 3 heteroatoms. The molecule has 0 radical (unpaired) electrons. The zero-order valence-electron chi connectivity index (χ0n) is 12.6. The molecule has 1 heterocycles. The molecule has 0 saturated heterocycles. The van der Waals surface area contributed by atoms with E-state index in [9.17, 15) is 4.39 Å². The quantitative estimate of drug-likeness (QED) is 0.759. The van der Waals surface area contributed by atoms with Gasteiger partial charge in [0.05, 0.1) is 0 Å². The molecular formula is C17H25FN2. The second-order valence-electron chi connectivity index (χ2n) is 5.45. The molecule has 2 aromatic rings. The van der Waals surface area contributed by atoms with Gasteiger partial charge in [-0.05, 0) is 56.1 Å². The van der Waals surface area contributed by atoms with Gasteiger partial charge in [0, 0.05) is 23.6 Å². The predicted octanol–water partition coefficient (Wildman–Crippen LogP) is 4.36. The van der Waals surface area contributed by atoms with E-state index in [1.807, 2.05) is 12.3 Å². The van der Waals surface area contributed by atoms with E-state index in [2.05, 4.69) is 23.7 Å². The molecule has 2 rings (SSSR count). The number of halogens is 1. The van der Waals surface area contributed by atoms with Crippen molar-refractivity contribution >= 4 is 10.9 Å². The van der Waals surface area contributed by atoms with Crippen LogP contribution in [0.25, 0.3) is 10.9 Å². The fourth-order valence-corrected chi connectivity index (χ4v) is 2.67. The molecule has 1 aromatic heterocycles. The van der Waals surface area contributed by atoms with Gasteiger partial charge in [-0.25, -0.2) is 4.39 Å². The first-order valence-corrected chi connectivity index (χ1v) is 7.72. The van der Waals surface area contributed by atoms with Crippen molar-refractivity contribution in [3.05, 3.63) is 35.8 Å². The molecule has 0 unspecified atom stereocenters. The molecule has 0 aliphatic rings. The van der Waals surface area contributed by atoms with Crippen molar-refractivity contribution in [2.75, 3.05) is 19.6 Å². The van der Waals surface area contributed by atoms with Gasteiger partial charge < -0.3 is 9.88 Å². The van der Waals surface area contributed by atoms with E-state index in [0.29, 0.717) is 0 Å². The summed E-state index contributed by atoms with van der Waals surface area (Å²) in [5, 5.41) is 1.02. The molecular weight excluding hydrogens is 251 g/mol. The van der Waals surface area contributed by atoms with E-state index in [4.69, 9.17) is 0 Å². The second-order valence-corrected chi connectivity index (χ2v) is 5.45. The lowest BCUT2D eigenvalue weighted by Gasteiger charge is -2.21. The Labute approximate surface area is 121 Å². The molecule has 0 amide bonds. The van der Waals surface area contributed by atoms with Crippen LogP contribution in [-0.4, -0.2) is 29.5 Å². The van der Waals surface area contributed by atoms with Crippen LogP contribution >= 0.6 is 0 Å². The molecule has 1 N–H and O–H groups in total. The number of rotatable bonds is 8. The summed E-state index contributed by atoms with van der Waals surface area (Å²) in [5.41, 5.74) is 2.24. The summed E-state index contributed by atoms with van der Waals surface area (Å²) in [5.74, 6) is -0.158. The van der Waals surface area contributed by atoms with Gasteiger partial charge in [-0.15, -0.1) is 0 Å². The standard InChI is InChI=1S/C17H25FN2/c1-3-5-10-20(9-4-2)11-8-14-13-19-17-7-6-15(18)12-16(14)17/h6-7,12-13,19H,3-5,8-11H2,1-2H3. The van der Waals surface area contributed by atoms with Crippen molar-refractivity contribution in [3.63, 3.8) is 0 Å². The van der Waals surface area contributed by atoms with Crippen LogP contribution in [0.3, 0.4) is 0 Å². The Hall–Kier alpha value is -1.35. The van der Waals surface area contributed by atoms with Crippen LogP contribution in [0.4, 0.5) is 4.39 Å². The number of aromatic amines is 1. The number of hydrogen-bond donors (Lipinski definition) is 1. The van der Waals surface area contributed by atoms with Crippen molar-refractivity contribution in [3.8, 4) is 0 Å². The highest BCUT2D eigenvalue weighted by atomic mass is 19.1. The molecule has 0 atom stereocenters. The SMILES string of the molecule is CCCCN(CCC)CCc1c[nH]c2ccc(F)cc12. The topological polar surface area (TPSA) is 19.0 Å². The number of aromatic nitrogens is 1. The minimum absolute atomic E-state index is 0.158. The summed E-state index contributed by atoms with van der Waals surface area (Å²) in [7, 11) is 0. The summed E-state index contributed by atoms with van der Waals surface area (Å²) in [6, 6.07) is 4.96. The van der Waals surface area contributed by atoms with Crippen molar-refractivity contribution in [2.24, 2.45) is 0 Å². The van der Waals surface area contributed by atoms with Gasteiger partial charge in [0.25, 0.3) is 0 Å². The monoisotopic (exact) mass is 276 g/mol. The van der Waals surface area contributed by atoms with Gasteiger partial charge in [0.2, 0.25) is 0 Å². The number of nitrogens with one attached hydrogen (secondary N) is 1. The smallest absolute Gasteiger partial charge is 0.123 e. The Kier molecular flexibility index (Phi) is 5.60.